The van der Waals surface area contributed by atoms with Crippen molar-refractivity contribution in [1.29, 1.82) is 0 Å². The quantitative estimate of drug-likeness (QED) is 0.550. The Morgan fingerprint density at radius 3 is 1.93 bits per heavy atom. The number of rotatable bonds is 10. The molecule has 0 saturated heterocycles. The first-order chi connectivity index (χ1) is 7.24. The summed E-state index contributed by atoms with van der Waals surface area (Å²) in [5.41, 5.74) is 0. The van der Waals surface area contributed by atoms with Crippen LogP contribution in [0.4, 0.5) is 0 Å². The van der Waals surface area contributed by atoms with E-state index in [-0.39, 0.29) is 0 Å². The summed E-state index contributed by atoms with van der Waals surface area (Å²) in [6.45, 7) is 10.9. The minimum absolute atomic E-state index is 0.921. The number of hydrogen-bond donors (Lipinski definition) is 0. The zero-order chi connectivity index (χ0) is 11.5. The molecule has 2 heteroatoms. The molecule has 0 heterocycles. The molecular formula is C13H30InN. The van der Waals surface area contributed by atoms with E-state index in [4.69, 9.17) is 0 Å². The van der Waals surface area contributed by atoms with Gasteiger partial charge in [-0.05, 0) is 0 Å². The first-order valence-corrected chi connectivity index (χ1v) is 14.9. The predicted octanol–water partition coefficient (Wildman–Crippen LogP) is 4.03. The molecule has 0 radical (unpaired) electrons. The van der Waals surface area contributed by atoms with Crippen molar-refractivity contribution < 1.29 is 0 Å². The Labute approximate surface area is 105 Å². The second kappa shape index (κ2) is 11.3. The molecule has 1 nitrogen and oxygen atoms in total. The summed E-state index contributed by atoms with van der Waals surface area (Å²) in [6, 6.07) is 0. The summed E-state index contributed by atoms with van der Waals surface area (Å²) >= 11 is -0.921. The molecule has 0 aliphatic heterocycles. The molecule has 0 bridgehead atoms. The molecule has 0 aromatic heterocycles. The van der Waals surface area contributed by atoms with Crippen molar-refractivity contribution in [2.75, 3.05) is 19.6 Å². The normalized spacial score (nSPS) is 11.0. The van der Waals surface area contributed by atoms with Crippen LogP contribution in [0.2, 0.25) is 13.0 Å². The van der Waals surface area contributed by atoms with E-state index in [1.54, 1.807) is 8.35 Å². The van der Waals surface area contributed by atoms with E-state index in [2.05, 4.69) is 30.4 Å². The van der Waals surface area contributed by atoms with E-state index in [1.807, 2.05) is 0 Å². The van der Waals surface area contributed by atoms with E-state index in [0.717, 1.165) is 0 Å². The Kier molecular flexibility index (Phi) is 11.9. The summed E-state index contributed by atoms with van der Waals surface area (Å²) in [5.74, 6) is 0. The van der Waals surface area contributed by atoms with Crippen molar-refractivity contribution in [3.05, 3.63) is 0 Å². The van der Waals surface area contributed by atoms with E-state index >= 15 is 0 Å². The number of nitrogens with zero attached hydrogens (tertiary/aromatic N) is 1. The van der Waals surface area contributed by atoms with Crippen molar-refractivity contribution in [3.63, 3.8) is 0 Å². The van der Waals surface area contributed by atoms with Gasteiger partial charge in [0.1, 0.15) is 0 Å². The van der Waals surface area contributed by atoms with Gasteiger partial charge in [0.15, 0.2) is 0 Å². The van der Waals surface area contributed by atoms with Crippen molar-refractivity contribution in [1.82, 2.24) is 4.90 Å². The van der Waals surface area contributed by atoms with Crippen LogP contribution in [0.3, 0.4) is 0 Å². The van der Waals surface area contributed by atoms with Crippen molar-refractivity contribution >= 4 is 21.4 Å². The van der Waals surface area contributed by atoms with Crippen LogP contribution in [-0.4, -0.2) is 46.0 Å². The minimum atomic E-state index is -0.921. The SMILES string of the molecule is CCCN(CCC)CCC[CH2][In]([CH3])[CH2]C. The first kappa shape index (κ1) is 15.8. The second-order valence-corrected chi connectivity index (χ2v) is 15.1. The molecule has 0 unspecified atom stereocenters. The maximum absolute atomic E-state index is 2.64. The van der Waals surface area contributed by atoms with Gasteiger partial charge >= 0.3 is 105 Å². The van der Waals surface area contributed by atoms with Gasteiger partial charge in [-0.1, -0.05) is 0 Å². The average Bonchev–Trinajstić information content (AvgIpc) is 2.24. The second-order valence-electron chi connectivity index (χ2n) is 4.85. The molecular weight excluding hydrogens is 285 g/mol. The van der Waals surface area contributed by atoms with Gasteiger partial charge in [0, 0.05) is 0 Å². The monoisotopic (exact) mass is 315 g/mol. The topological polar surface area (TPSA) is 3.24 Å². The van der Waals surface area contributed by atoms with E-state index < -0.39 is 21.4 Å². The molecule has 0 aliphatic rings. The Hall–Kier alpha value is 0.830. The van der Waals surface area contributed by atoms with Crippen molar-refractivity contribution in [2.45, 2.75) is 59.5 Å². The van der Waals surface area contributed by atoms with Crippen molar-refractivity contribution in [3.8, 4) is 0 Å². The third kappa shape index (κ3) is 9.74. The van der Waals surface area contributed by atoms with Crippen LogP contribution in [0.25, 0.3) is 0 Å². The van der Waals surface area contributed by atoms with Crippen LogP contribution in [0.1, 0.15) is 46.5 Å². The number of hydrogen-bond acceptors (Lipinski definition) is 1. The molecule has 0 amide bonds. The van der Waals surface area contributed by atoms with Crippen LogP contribution < -0.4 is 0 Å². The number of unbranched alkanes of at least 4 members (excludes halogenated alkanes) is 1. The maximum atomic E-state index is 2.64. The van der Waals surface area contributed by atoms with Gasteiger partial charge in [0.25, 0.3) is 0 Å². The fourth-order valence-corrected chi connectivity index (χ4v) is 5.98. The van der Waals surface area contributed by atoms with Crippen LogP contribution in [0.5, 0.6) is 0 Å². The Balaban J connectivity index is 3.43. The van der Waals surface area contributed by atoms with E-state index in [9.17, 15) is 0 Å². The zero-order valence-corrected chi connectivity index (χ0v) is 14.7. The van der Waals surface area contributed by atoms with E-state index in [0.29, 0.717) is 0 Å². The van der Waals surface area contributed by atoms with Crippen LogP contribution in [0.15, 0.2) is 0 Å². The summed E-state index contributed by atoms with van der Waals surface area (Å²) in [4.78, 5) is 2.64. The Morgan fingerprint density at radius 1 is 0.867 bits per heavy atom. The third-order valence-corrected chi connectivity index (χ3v) is 11.2. The van der Waals surface area contributed by atoms with Gasteiger partial charge < -0.3 is 0 Å². The average molecular weight is 315 g/mol. The summed E-state index contributed by atoms with van der Waals surface area (Å²) in [6.07, 6.45) is 5.57. The van der Waals surface area contributed by atoms with Gasteiger partial charge in [-0.15, -0.1) is 0 Å². The summed E-state index contributed by atoms with van der Waals surface area (Å²) in [5, 5.41) is 0. The van der Waals surface area contributed by atoms with Crippen LogP contribution in [-0.2, 0) is 0 Å². The standard InChI is InChI=1S/C10H22N.C2H5.CH3.In/c1-4-7-10-11(8-5-2)9-6-3;1-2;;/h1,4-10H2,2-3H3;1H2,2H3;1H3;. The molecule has 0 aromatic rings. The molecule has 0 aromatic carbocycles. The molecule has 0 fully saturated rings. The van der Waals surface area contributed by atoms with Gasteiger partial charge in [-0.25, -0.2) is 0 Å². The van der Waals surface area contributed by atoms with Crippen molar-refractivity contribution in [2.24, 2.45) is 0 Å². The molecule has 0 spiro atoms. The Bertz CT molecular complexity index is 122. The van der Waals surface area contributed by atoms with Crippen LogP contribution in [0, 0.1) is 0 Å². The predicted molar refractivity (Wildman–Crippen MR) is 73.2 cm³/mol. The van der Waals surface area contributed by atoms with Gasteiger partial charge in [-0.3, -0.25) is 0 Å². The van der Waals surface area contributed by atoms with Gasteiger partial charge in [-0.2, -0.15) is 0 Å². The molecule has 0 N–H and O–H groups in total. The third-order valence-electron chi connectivity index (χ3n) is 3.20. The summed E-state index contributed by atoms with van der Waals surface area (Å²) < 4.78 is 5.76. The molecule has 0 saturated carbocycles. The van der Waals surface area contributed by atoms with E-state index in [1.165, 1.54) is 45.3 Å². The Morgan fingerprint density at radius 2 is 1.47 bits per heavy atom. The van der Waals surface area contributed by atoms with Gasteiger partial charge in [0.05, 0.1) is 0 Å². The molecule has 0 aliphatic carbocycles. The van der Waals surface area contributed by atoms with Gasteiger partial charge in [0.2, 0.25) is 0 Å². The molecule has 90 valence electrons. The fourth-order valence-electron chi connectivity index (χ4n) is 2.00. The first-order valence-electron chi connectivity index (χ1n) is 6.96. The molecule has 0 atom stereocenters. The molecule has 15 heavy (non-hydrogen) atoms. The zero-order valence-electron chi connectivity index (χ0n) is 11.4. The molecule has 0 rings (SSSR count). The fraction of sp³-hybridized carbons (Fsp3) is 1.00. The summed E-state index contributed by atoms with van der Waals surface area (Å²) in [7, 11) is 0. The van der Waals surface area contributed by atoms with Crippen LogP contribution >= 0.6 is 0 Å².